The molecule has 0 radical (unpaired) electrons. The summed E-state index contributed by atoms with van der Waals surface area (Å²) in [7, 11) is -1.77. The van der Waals surface area contributed by atoms with Gasteiger partial charge in [-0.1, -0.05) is 38.9 Å². The number of fused-ring (bicyclic) bond motifs is 1. The zero-order valence-corrected chi connectivity index (χ0v) is 19.2. The van der Waals surface area contributed by atoms with Crippen molar-refractivity contribution >= 4 is 64.6 Å². The maximum Gasteiger partial charge on any atom is 0.341 e. The largest absolute Gasteiger partial charge is 0.465 e. The van der Waals surface area contributed by atoms with E-state index in [9.17, 15) is 9.59 Å². The zero-order chi connectivity index (χ0) is 19.5. The molecule has 0 fully saturated rings. The van der Waals surface area contributed by atoms with Crippen LogP contribution in [0.15, 0.2) is 16.5 Å². The Morgan fingerprint density at radius 1 is 1.15 bits per heavy atom. The Morgan fingerprint density at radius 2 is 1.77 bits per heavy atom. The van der Waals surface area contributed by atoms with Crippen molar-refractivity contribution in [2.75, 3.05) is 11.9 Å². The topological polar surface area (TPSA) is 68.5 Å². The summed E-state index contributed by atoms with van der Waals surface area (Å²) in [6.07, 6.45) is 0. The van der Waals surface area contributed by atoms with Gasteiger partial charge in [-0.2, -0.15) is 0 Å². The first-order valence-corrected chi connectivity index (χ1v) is 12.7. The van der Waals surface area contributed by atoms with Gasteiger partial charge < -0.3 is 14.5 Å². The first-order chi connectivity index (χ1) is 12.3. The van der Waals surface area contributed by atoms with E-state index in [0.29, 0.717) is 23.4 Å². The number of ether oxygens (including phenoxy) is 1. The molecular weight excluding hydrogens is 461 g/mol. The maximum absolute atomic E-state index is 12.5. The molecule has 1 heterocycles. The quantitative estimate of drug-likeness (QED) is 0.343. The fraction of sp³-hybridized carbons (Fsp3) is 0.474. The smallest absolute Gasteiger partial charge is 0.341 e. The summed E-state index contributed by atoms with van der Waals surface area (Å²) >= 11 is 2.13. The number of amides is 1. The van der Waals surface area contributed by atoms with Crippen LogP contribution in [0.2, 0.25) is 18.1 Å². The molecule has 1 N–H and O–H groups in total. The lowest BCUT2D eigenvalue weighted by atomic mass is 10.1. The number of furan rings is 1. The van der Waals surface area contributed by atoms with E-state index in [1.807, 2.05) is 6.07 Å². The van der Waals surface area contributed by atoms with Crippen molar-refractivity contribution < 1.29 is 18.7 Å². The minimum Gasteiger partial charge on any atom is -0.465 e. The molecule has 5 nitrogen and oxygen atoms in total. The number of nitrogens with one attached hydrogen (secondary N) is 1. The van der Waals surface area contributed by atoms with Crippen LogP contribution >= 0.6 is 22.6 Å². The van der Waals surface area contributed by atoms with E-state index in [2.05, 4.69) is 48.7 Å². The van der Waals surface area contributed by atoms with Crippen LogP contribution in [-0.2, 0) is 9.53 Å². The second-order valence-corrected chi connectivity index (χ2v) is 12.7. The standard InChI is InChI=1S/C19H26INO4Si/c1-6-24-19(23)14-10-15(20)17(21-12(5)22)13-11-16(25-18(13)14)26(7-2,8-3)9-4/h10-11H,6-9H2,1-5H3,(H,21,22). The van der Waals surface area contributed by atoms with E-state index >= 15 is 0 Å². The first kappa shape index (κ1) is 21.0. The Hall–Kier alpha value is -1.35. The second kappa shape index (κ2) is 8.56. The molecule has 1 aromatic carbocycles. The lowest BCUT2D eigenvalue weighted by Crippen LogP contribution is -2.44. The highest BCUT2D eigenvalue weighted by atomic mass is 127. The molecular formula is C19H26INO4Si. The lowest BCUT2D eigenvalue weighted by Gasteiger charge is -2.24. The van der Waals surface area contributed by atoms with Crippen LogP contribution in [0.3, 0.4) is 0 Å². The molecule has 1 aromatic heterocycles. The van der Waals surface area contributed by atoms with Crippen LogP contribution in [0, 0.1) is 3.57 Å². The van der Waals surface area contributed by atoms with Crippen molar-refractivity contribution in [2.24, 2.45) is 0 Å². The van der Waals surface area contributed by atoms with Gasteiger partial charge in [-0.15, -0.1) is 0 Å². The number of benzene rings is 1. The molecule has 142 valence electrons. The Bertz CT molecular complexity index is 818. The summed E-state index contributed by atoms with van der Waals surface area (Å²) in [6, 6.07) is 6.98. The normalized spacial score (nSPS) is 11.6. The summed E-state index contributed by atoms with van der Waals surface area (Å²) in [6.45, 7) is 10.2. The van der Waals surface area contributed by atoms with Gasteiger partial charge in [-0.05, 0) is 41.6 Å². The molecule has 0 aliphatic heterocycles. The van der Waals surface area contributed by atoms with Crippen LogP contribution in [0.4, 0.5) is 5.69 Å². The Kier molecular flexibility index (Phi) is 6.90. The highest BCUT2D eigenvalue weighted by Crippen LogP contribution is 2.34. The number of halogens is 1. The molecule has 0 aliphatic carbocycles. The van der Waals surface area contributed by atoms with Gasteiger partial charge in [-0.25, -0.2) is 4.79 Å². The molecule has 2 aromatic rings. The Morgan fingerprint density at radius 3 is 2.27 bits per heavy atom. The van der Waals surface area contributed by atoms with Crippen molar-refractivity contribution in [2.45, 2.75) is 52.8 Å². The predicted octanol–water partition coefficient (Wildman–Crippen LogP) is 4.89. The number of esters is 1. The highest BCUT2D eigenvalue weighted by molar-refractivity contribution is 14.1. The van der Waals surface area contributed by atoms with Gasteiger partial charge in [0, 0.05) is 15.9 Å². The lowest BCUT2D eigenvalue weighted by molar-refractivity contribution is -0.114. The monoisotopic (exact) mass is 487 g/mol. The summed E-state index contributed by atoms with van der Waals surface area (Å²) in [5, 5.41) is 4.65. The van der Waals surface area contributed by atoms with Gasteiger partial charge >= 0.3 is 5.97 Å². The van der Waals surface area contributed by atoms with Gasteiger partial charge in [0.05, 0.1) is 17.7 Å². The molecule has 0 unspecified atom stereocenters. The van der Waals surface area contributed by atoms with Gasteiger partial charge in [0.15, 0.2) is 0 Å². The van der Waals surface area contributed by atoms with Crippen LogP contribution in [0.25, 0.3) is 11.0 Å². The molecule has 0 saturated heterocycles. The van der Waals surface area contributed by atoms with Crippen molar-refractivity contribution in [3.63, 3.8) is 0 Å². The molecule has 2 rings (SSSR count). The third kappa shape index (κ3) is 3.83. The summed E-state index contributed by atoms with van der Waals surface area (Å²) in [5.41, 5.74) is 1.62. The number of hydrogen-bond acceptors (Lipinski definition) is 4. The molecule has 0 saturated carbocycles. The number of carbonyl (C=O) groups excluding carboxylic acids is 2. The van der Waals surface area contributed by atoms with Crippen molar-refractivity contribution in [3.05, 3.63) is 21.3 Å². The van der Waals surface area contributed by atoms with E-state index in [1.54, 1.807) is 13.0 Å². The first-order valence-electron chi connectivity index (χ1n) is 9.04. The average molecular weight is 487 g/mol. The molecule has 0 atom stereocenters. The fourth-order valence-corrected chi connectivity index (χ4v) is 7.42. The SMILES string of the molecule is CCOC(=O)c1cc(I)c(NC(C)=O)c2cc([Si](CC)(CC)CC)oc12. The highest BCUT2D eigenvalue weighted by Gasteiger charge is 2.34. The van der Waals surface area contributed by atoms with E-state index < -0.39 is 14.0 Å². The Balaban J connectivity index is 2.80. The second-order valence-electron chi connectivity index (χ2n) is 6.38. The number of hydrogen-bond donors (Lipinski definition) is 1. The van der Waals surface area contributed by atoms with Crippen molar-refractivity contribution in [3.8, 4) is 0 Å². The minimum absolute atomic E-state index is 0.152. The van der Waals surface area contributed by atoms with Gasteiger partial charge in [0.2, 0.25) is 5.91 Å². The van der Waals surface area contributed by atoms with Crippen LogP contribution in [0.1, 0.15) is 45.0 Å². The van der Waals surface area contributed by atoms with E-state index in [0.717, 1.165) is 32.5 Å². The van der Waals surface area contributed by atoms with Crippen molar-refractivity contribution in [1.29, 1.82) is 0 Å². The number of rotatable bonds is 7. The fourth-order valence-electron chi connectivity index (χ4n) is 3.37. The average Bonchev–Trinajstić information content (AvgIpc) is 3.05. The van der Waals surface area contributed by atoms with E-state index in [-0.39, 0.29) is 5.91 Å². The third-order valence-electron chi connectivity index (χ3n) is 5.11. The van der Waals surface area contributed by atoms with E-state index in [1.165, 1.54) is 6.92 Å². The molecule has 0 bridgehead atoms. The van der Waals surface area contributed by atoms with Crippen molar-refractivity contribution in [1.82, 2.24) is 0 Å². The molecule has 0 aliphatic rings. The Labute approximate surface area is 169 Å². The van der Waals surface area contributed by atoms with Gasteiger partial charge in [0.1, 0.15) is 19.2 Å². The minimum atomic E-state index is -1.77. The van der Waals surface area contributed by atoms with Crippen LogP contribution in [-0.4, -0.2) is 26.6 Å². The maximum atomic E-state index is 12.5. The predicted molar refractivity (Wildman–Crippen MR) is 116 cm³/mol. The summed E-state index contributed by atoms with van der Waals surface area (Å²) < 4.78 is 12.3. The number of carbonyl (C=O) groups is 2. The van der Waals surface area contributed by atoms with E-state index in [4.69, 9.17) is 9.15 Å². The molecule has 0 spiro atoms. The summed E-state index contributed by atoms with van der Waals surface area (Å²) in [4.78, 5) is 24.1. The van der Waals surface area contributed by atoms with Crippen LogP contribution < -0.4 is 10.7 Å². The molecule has 7 heteroatoms. The van der Waals surface area contributed by atoms with Gasteiger partial charge in [-0.3, -0.25) is 4.79 Å². The molecule has 26 heavy (non-hydrogen) atoms. The zero-order valence-electron chi connectivity index (χ0n) is 16.0. The third-order valence-corrected chi connectivity index (χ3v) is 11.3. The van der Waals surface area contributed by atoms with Crippen LogP contribution in [0.5, 0.6) is 0 Å². The number of anilines is 1. The summed E-state index contributed by atoms with van der Waals surface area (Å²) in [5.74, 6) is -0.553. The van der Waals surface area contributed by atoms with Gasteiger partial charge in [0.25, 0.3) is 0 Å². The molecule has 1 amide bonds.